The molecule has 0 saturated heterocycles. The minimum Gasteiger partial charge on any atom is -0.429 e. The molecular weight excluding hydrogens is 373 g/mol. The largest absolute Gasteiger partial charge is 0.429 e. The van der Waals surface area contributed by atoms with E-state index in [0.29, 0.717) is 13.3 Å². The second-order valence-electron chi connectivity index (χ2n) is 4.30. The molecule has 9 nitrogen and oxygen atoms in total. The maximum atomic E-state index is 11.0. The highest BCUT2D eigenvalue weighted by Gasteiger charge is 2.25. The molecule has 1 aromatic rings. The molecule has 0 radical (unpaired) electrons. The molecule has 0 aliphatic heterocycles. The van der Waals surface area contributed by atoms with Crippen molar-refractivity contribution < 1.29 is 33.2 Å². The monoisotopic (exact) mass is 388 g/mol. The average molecular weight is 388 g/mol. The summed E-state index contributed by atoms with van der Waals surface area (Å²) in [6, 6.07) is 6.70. The summed E-state index contributed by atoms with van der Waals surface area (Å²) in [5.74, 6) is 0.572. The molecule has 0 saturated carbocycles. The summed E-state index contributed by atoms with van der Waals surface area (Å²) in [5.41, 5.74) is 3.32. The van der Waals surface area contributed by atoms with E-state index >= 15 is 0 Å². The smallest absolute Gasteiger partial charge is 0.340 e. The number of rotatable bonds is 9. The third-order valence-corrected chi connectivity index (χ3v) is 4.21. The van der Waals surface area contributed by atoms with Crippen LogP contribution in [0.25, 0.3) is 0 Å². The predicted molar refractivity (Wildman–Crippen MR) is 83.9 cm³/mol. The molecule has 0 heterocycles. The molecule has 0 aliphatic rings. The van der Waals surface area contributed by atoms with Gasteiger partial charge in [0.15, 0.2) is 0 Å². The van der Waals surface area contributed by atoms with E-state index in [1.165, 1.54) is 0 Å². The van der Waals surface area contributed by atoms with Crippen molar-refractivity contribution in [3.05, 3.63) is 29.8 Å². The summed E-state index contributed by atoms with van der Waals surface area (Å²) in [4.78, 5) is 35.7. The van der Waals surface area contributed by atoms with Crippen LogP contribution in [0.2, 0.25) is 0 Å². The van der Waals surface area contributed by atoms with Crippen LogP contribution in [0, 0.1) is 0 Å². The molecule has 124 valence electrons. The first-order valence-electron chi connectivity index (χ1n) is 5.75. The highest BCUT2D eigenvalue weighted by atomic mass is 32.4. The number of hydrogen-bond donors (Lipinski definition) is 5. The van der Waals surface area contributed by atoms with Crippen molar-refractivity contribution in [1.82, 2.24) is 10.4 Å². The van der Waals surface area contributed by atoms with Gasteiger partial charge in [-0.2, -0.15) is 0 Å². The number of hydrogen-bond acceptors (Lipinski definition) is 6. The standard InChI is InChI=1S/C9H15N2O7P3S/c12-20(13,14)6-11(7-21(15,16)17)10-5-8-1-3-9(4-2-8)18-19-22/h1-4,10H,5-7H2,(H2,12,13,14)(H2,15,16,17). The lowest BCUT2D eigenvalue weighted by Crippen LogP contribution is -2.38. The molecule has 0 bridgehead atoms. The summed E-state index contributed by atoms with van der Waals surface area (Å²) in [7, 11) is -8.58. The number of benzene rings is 1. The Morgan fingerprint density at radius 1 is 1.09 bits per heavy atom. The minimum absolute atomic E-state index is 0.131. The van der Waals surface area contributed by atoms with Gasteiger partial charge in [-0.25, -0.2) is 10.4 Å². The normalized spacial score (nSPS) is 12.8. The molecule has 0 fully saturated rings. The molecule has 0 unspecified atom stereocenters. The van der Waals surface area contributed by atoms with Gasteiger partial charge in [0, 0.05) is 6.54 Å². The molecule has 0 spiro atoms. The van der Waals surface area contributed by atoms with Crippen LogP contribution >= 0.6 is 22.8 Å². The third-order valence-electron chi connectivity index (χ3n) is 2.28. The summed E-state index contributed by atoms with van der Waals surface area (Å²) < 4.78 is 27.0. The van der Waals surface area contributed by atoms with Crippen LogP contribution in [0.1, 0.15) is 5.56 Å². The first kappa shape index (κ1) is 19.8. The lowest BCUT2D eigenvalue weighted by atomic mass is 10.2. The van der Waals surface area contributed by atoms with E-state index in [1.807, 2.05) is 0 Å². The summed E-state index contributed by atoms with van der Waals surface area (Å²) in [6.45, 7) is 0.131. The summed E-state index contributed by atoms with van der Waals surface area (Å²) in [6.07, 6.45) is -1.62. The zero-order valence-corrected chi connectivity index (χ0v) is 14.6. The quantitative estimate of drug-likeness (QED) is 0.307. The van der Waals surface area contributed by atoms with Crippen LogP contribution < -0.4 is 9.95 Å². The first-order valence-corrected chi connectivity index (χ1v) is 11.2. The van der Waals surface area contributed by atoms with E-state index < -0.39 is 27.8 Å². The molecule has 22 heavy (non-hydrogen) atoms. The van der Waals surface area contributed by atoms with Crippen LogP contribution in [0.15, 0.2) is 24.3 Å². The second kappa shape index (κ2) is 8.57. The van der Waals surface area contributed by atoms with E-state index in [0.717, 1.165) is 10.6 Å². The minimum atomic E-state index is -4.46. The van der Waals surface area contributed by atoms with Crippen molar-refractivity contribution >= 4 is 34.6 Å². The summed E-state index contributed by atoms with van der Waals surface area (Å²) in [5, 5.41) is 0.813. The molecule has 1 aromatic carbocycles. The van der Waals surface area contributed by atoms with E-state index in [2.05, 4.69) is 17.2 Å². The van der Waals surface area contributed by atoms with Crippen molar-refractivity contribution in [2.24, 2.45) is 0 Å². The molecule has 0 amide bonds. The average Bonchev–Trinajstić information content (AvgIpc) is 2.34. The van der Waals surface area contributed by atoms with Gasteiger partial charge in [-0.1, -0.05) is 12.1 Å². The Hall–Kier alpha value is -0.240. The van der Waals surface area contributed by atoms with Gasteiger partial charge in [0.1, 0.15) is 18.3 Å². The number of hydrazine groups is 1. The van der Waals surface area contributed by atoms with Gasteiger partial charge in [0.2, 0.25) is 7.58 Å². The van der Waals surface area contributed by atoms with Crippen molar-refractivity contribution in [3.8, 4) is 5.75 Å². The lowest BCUT2D eigenvalue weighted by Gasteiger charge is -2.23. The van der Waals surface area contributed by atoms with E-state index in [-0.39, 0.29) is 6.54 Å². The molecule has 0 aromatic heterocycles. The molecule has 1 rings (SSSR count). The van der Waals surface area contributed by atoms with Crippen molar-refractivity contribution in [3.63, 3.8) is 0 Å². The molecule has 13 heteroatoms. The van der Waals surface area contributed by atoms with Crippen LogP contribution in [-0.2, 0) is 27.5 Å². The predicted octanol–water partition coefficient (Wildman–Crippen LogP) is 0.965. The van der Waals surface area contributed by atoms with Crippen LogP contribution in [-0.4, -0.2) is 37.2 Å². The van der Waals surface area contributed by atoms with Gasteiger partial charge in [0.25, 0.3) is 0 Å². The van der Waals surface area contributed by atoms with Gasteiger partial charge >= 0.3 is 15.2 Å². The maximum absolute atomic E-state index is 11.0. The zero-order valence-electron chi connectivity index (χ0n) is 11.1. The Morgan fingerprint density at radius 3 is 2.00 bits per heavy atom. The van der Waals surface area contributed by atoms with Gasteiger partial charge in [-0.15, -0.1) is 0 Å². The zero-order chi connectivity index (χ0) is 16.8. The maximum Gasteiger partial charge on any atom is 0.340 e. The third kappa shape index (κ3) is 9.02. The van der Waals surface area contributed by atoms with Gasteiger partial charge in [-0.3, -0.25) is 9.13 Å². The van der Waals surface area contributed by atoms with Crippen LogP contribution in [0.3, 0.4) is 0 Å². The van der Waals surface area contributed by atoms with Crippen molar-refractivity contribution in [2.45, 2.75) is 6.54 Å². The Kier molecular flexibility index (Phi) is 7.71. The first-order chi connectivity index (χ1) is 10.1. The highest BCUT2D eigenvalue weighted by Crippen LogP contribution is 2.40. The summed E-state index contributed by atoms with van der Waals surface area (Å²) >= 11 is 4.64. The fourth-order valence-electron chi connectivity index (χ4n) is 1.50. The fraction of sp³-hybridized carbons (Fsp3) is 0.333. The molecular formula is C9H15N2O7P3S. The van der Waals surface area contributed by atoms with Gasteiger partial charge in [-0.05, 0) is 29.5 Å². The highest BCUT2D eigenvalue weighted by molar-refractivity contribution is 7.94. The Balaban J connectivity index is 2.67. The molecule has 0 atom stereocenters. The lowest BCUT2D eigenvalue weighted by molar-refractivity contribution is 0.210. The van der Waals surface area contributed by atoms with Crippen LogP contribution in [0.5, 0.6) is 5.75 Å². The molecule has 0 aliphatic carbocycles. The Morgan fingerprint density at radius 2 is 1.59 bits per heavy atom. The van der Waals surface area contributed by atoms with Crippen molar-refractivity contribution in [1.29, 1.82) is 0 Å². The van der Waals surface area contributed by atoms with Crippen molar-refractivity contribution in [2.75, 3.05) is 12.6 Å². The Labute approximate surface area is 133 Å². The Bertz CT molecular complexity index is 563. The second-order valence-corrected chi connectivity index (χ2v) is 8.30. The molecule has 5 N–H and O–H groups in total. The van der Waals surface area contributed by atoms with Crippen LogP contribution in [0.4, 0.5) is 0 Å². The number of nitrogens with one attached hydrogen (secondary N) is 1. The van der Waals surface area contributed by atoms with Gasteiger partial charge < -0.3 is 24.1 Å². The van der Waals surface area contributed by atoms with Gasteiger partial charge in [0.05, 0.1) is 0 Å². The number of nitrogens with zero attached hydrogens (tertiary/aromatic N) is 1. The van der Waals surface area contributed by atoms with E-state index in [4.69, 9.17) is 24.1 Å². The topological polar surface area (TPSA) is 140 Å². The fourth-order valence-corrected chi connectivity index (χ4v) is 3.42. The van der Waals surface area contributed by atoms with E-state index in [1.54, 1.807) is 24.3 Å². The SMILES string of the molecule is O=P(O)(O)CN(CP(=O)(O)O)NCc1ccc(OP=S)cc1. The van der Waals surface area contributed by atoms with E-state index in [9.17, 15) is 9.13 Å².